The Hall–Kier alpha value is -2.46. The van der Waals surface area contributed by atoms with Gasteiger partial charge in [0.1, 0.15) is 19.3 Å². The Kier molecular flexibility index (Phi) is 59.1. The van der Waals surface area contributed by atoms with Gasteiger partial charge >= 0.3 is 39.5 Å². The molecule has 0 aliphatic rings. The number of carbonyl (C=O) groups excluding carboxylic acids is 4. The normalized spacial score (nSPS) is 14.4. The standard InChI is InChI=1S/C69H130O17P2/c1-7-9-11-13-14-15-16-17-19-23-26-29-34-40-46-52-67(72)80-58-65(86-68(73)53-47-41-35-30-27-24-21-18-20-22-25-28-32-38-43-49-61(3)4)60-84-88(77,78)82-56-63(70)55-81-87(75,76)83-59-64(57-79-66(71)51-45-37-12-10-8-2)85-69(74)54-48-42-36-31-33-39-44-50-62(5)6/h15-17,19,61-65,70H,7-14,18,20-60H2,1-6H3,(H,75,76)(H,77,78)/b16-15-,19-17-/t63-,64+,65+/m0/s1. The first-order valence-electron chi connectivity index (χ1n) is 35.3. The highest BCUT2D eigenvalue weighted by molar-refractivity contribution is 7.47. The zero-order chi connectivity index (χ0) is 65.0. The van der Waals surface area contributed by atoms with Crippen molar-refractivity contribution in [2.24, 2.45) is 11.8 Å². The number of unbranched alkanes of at least 4 members (excludes halogenated alkanes) is 33. The molecule has 0 bridgehead atoms. The van der Waals surface area contributed by atoms with Crippen LogP contribution in [0.1, 0.15) is 324 Å². The summed E-state index contributed by atoms with van der Waals surface area (Å²) in [6.45, 7) is 9.34. The van der Waals surface area contributed by atoms with E-state index in [9.17, 15) is 43.2 Å². The number of aliphatic hydroxyl groups is 1. The average molecular weight is 1290 g/mol. The van der Waals surface area contributed by atoms with Crippen molar-refractivity contribution in [2.45, 2.75) is 342 Å². The maximum absolute atomic E-state index is 13.0. The molecule has 0 aliphatic carbocycles. The highest BCUT2D eigenvalue weighted by Crippen LogP contribution is 2.45. The summed E-state index contributed by atoms with van der Waals surface area (Å²) in [6, 6.07) is 0. The lowest BCUT2D eigenvalue weighted by atomic mass is 10.0. The summed E-state index contributed by atoms with van der Waals surface area (Å²) in [5, 5.41) is 10.5. The van der Waals surface area contributed by atoms with E-state index in [0.29, 0.717) is 31.6 Å². The molecular weight excluding hydrogens is 1160 g/mol. The van der Waals surface area contributed by atoms with Gasteiger partial charge in [-0.05, 0) is 63.2 Å². The lowest BCUT2D eigenvalue weighted by Gasteiger charge is -2.21. The third-order valence-corrected chi connectivity index (χ3v) is 17.2. The van der Waals surface area contributed by atoms with Gasteiger partial charge in [0.25, 0.3) is 0 Å². The molecule has 88 heavy (non-hydrogen) atoms. The van der Waals surface area contributed by atoms with Crippen molar-refractivity contribution >= 4 is 39.5 Å². The fraction of sp³-hybridized carbons (Fsp3) is 0.884. The Labute approximate surface area is 535 Å². The van der Waals surface area contributed by atoms with E-state index in [0.717, 1.165) is 121 Å². The monoisotopic (exact) mass is 1290 g/mol. The predicted octanol–water partition coefficient (Wildman–Crippen LogP) is 19.2. The third kappa shape index (κ3) is 62.4. The molecule has 0 radical (unpaired) electrons. The molecule has 5 atom stereocenters. The van der Waals surface area contributed by atoms with Gasteiger partial charge in [-0.2, -0.15) is 0 Å². The summed E-state index contributed by atoms with van der Waals surface area (Å²) in [7, 11) is -9.90. The molecule has 0 aromatic rings. The highest BCUT2D eigenvalue weighted by atomic mass is 31.2. The number of aliphatic hydroxyl groups excluding tert-OH is 1. The van der Waals surface area contributed by atoms with E-state index in [1.165, 1.54) is 116 Å². The summed E-state index contributed by atoms with van der Waals surface area (Å²) in [5.74, 6) is -0.675. The van der Waals surface area contributed by atoms with Gasteiger partial charge in [-0.1, -0.05) is 271 Å². The first kappa shape index (κ1) is 85.5. The minimum absolute atomic E-state index is 0.100. The average Bonchev–Trinajstić information content (AvgIpc) is 3.67. The van der Waals surface area contributed by atoms with Gasteiger partial charge in [-0.3, -0.25) is 37.3 Å². The number of ether oxygens (including phenoxy) is 4. The zero-order valence-corrected chi connectivity index (χ0v) is 58.3. The van der Waals surface area contributed by atoms with Crippen LogP contribution in [-0.4, -0.2) is 96.7 Å². The molecule has 0 aliphatic heterocycles. The van der Waals surface area contributed by atoms with Crippen LogP contribution in [0.3, 0.4) is 0 Å². The minimum Gasteiger partial charge on any atom is -0.462 e. The van der Waals surface area contributed by atoms with Crippen LogP contribution < -0.4 is 0 Å². The van der Waals surface area contributed by atoms with Crippen LogP contribution in [-0.2, 0) is 65.4 Å². The second-order valence-electron chi connectivity index (χ2n) is 25.2. The van der Waals surface area contributed by atoms with Gasteiger partial charge < -0.3 is 33.8 Å². The maximum Gasteiger partial charge on any atom is 0.472 e. The Morgan fingerprint density at radius 1 is 0.352 bits per heavy atom. The Morgan fingerprint density at radius 3 is 0.932 bits per heavy atom. The Balaban J connectivity index is 5.19. The van der Waals surface area contributed by atoms with Crippen molar-refractivity contribution in [1.29, 1.82) is 0 Å². The van der Waals surface area contributed by atoms with E-state index in [4.69, 9.17) is 37.0 Å². The number of hydrogen-bond donors (Lipinski definition) is 3. The molecule has 19 heteroatoms. The number of phosphoric ester groups is 2. The molecule has 0 saturated heterocycles. The van der Waals surface area contributed by atoms with Crippen molar-refractivity contribution in [2.75, 3.05) is 39.6 Å². The van der Waals surface area contributed by atoms with E-state index in [1.807, 2.05) is 0 Å². The van der Waals surface area contributed by atoms with Crippen molar-refractivity contribution in [3.05, 3.63) is 24.3 Å². The summed E-state index contributed by atoms with van der Waals surface area (Å²) in [6.07, 6.45) is 48.6. The quantitative estimate of drug-likeness (QED) is 0.0169. The lowest BCUT2D eigenvalue weighted by Crippen LogP contribution is -2.30. The van der Waals surface area contributed by atoms with Crippen molar-refractivity contribution < 1.29 is 80.2 Å². The molecule has 0 saturated carbocycles. The van der Waals surface area contributed by atoms with Crippen LogP contribution in [0, 0.1) is 11.8 Å². The minimum atomic E-state index is -4.96. The van der Waals surface area contributed by atoms with Gasteiger partial charge in [-0.15, -0.1) is 0 Å². The number of phosphoric acid groups is 2. The van der Waals surface area contributed by atoms with E-state index < -0.39 is 97.5 Å². The summed E-state index contributed by atoms with van der Waals surface area (Å²) in [5.41, 5.74) is 0. The van der Waals surface area contributed by atoms with E-state index in [2.05, 4.69) is 65.8 Å². The lowest BCUT2D eigenvalue weighted by molar-refractivity contribution is -0.161. The topological polar surface area (TPSA) is 237 Å². The zero-order valence-electron chi connectivity index (χ0n) is 56.5. The van der Waals surface area contributed by atoms with Gasteiger partial charge in [0.2, 0.25) is 0 Å². The van der Waals surface area contributed by atoms with Crippen molar-refractivity contribution in [1.82, 2.24) is 0 Å². The second kappa shape index (κ2) is 60.8. The van der Waals surface area contributed by atoms with Crippen LogP contribution in [0.15, 0.2) is 24.3 Å². The molecule has 0 rings (SSSR count). The number of rotatable bonds is 66. The van der Waals surface area contributed by atoms with Crippen LogP contribution >= 0.6 is 15.6 Å². The van der Waals surface area contributed by atoms with Crippen molar-refractivity contribution in [3.63, 3.8) is 0 Å². The molecule has 0 aromatic carbocycles. The molecule has 0 fully saturated rings. The summed E-state index contributed by atoms with van der Waals surface area (Å²) < 4.78 is 67.9. The molecular formula is C69H130O17P2. The van der Waals surface area contributed by atoms with Gasteiger partial charge in [0, 0.05) is 25.7 Å². The molecule has 0 heterocycles. The number of esters is 4. The molecule has 518 valence electrons. The molecule has 0 amide bonds. The second-order valence-corrected chi connectivity index (χ2v) is 28.1. The molecule has 2 unspecified atom stereocenters. The molecule has 17 nitrogen and oxygen atoms in total. The summed E-state index contributed by atoms with van der Waals surface area (Å²) >= 11 is 0. The van der Waals surface area contributed by atoms with Crippen LogP contribution in [0.25, 0.3) is 0 Å². The molecule has 0 spiro atoms. The number of carbonyl (C=O) groups is 4. The SMILES string of the molecule is CCCCCC/C=C\C=C/CCCCCCCC(=O)OC[C@H](COP(=O)(O)OC[C@@H](O)COP(=O)(O)OC[C@@H](COC(=O)CCCCCCC)OC(=O)CCCCCCCCCC(C)C)OC(=O)CCCCCCCCCCCCCCCCCC(C)C. The summed E-state index contributed by atoms with van der Waals surface area (Å²) in [4.78, 5) is 72.1. The predicted molar refractivity (Wildman–Crippen MR) is 354 cm³/mol. The first-order valence-corrected chi connectivity index (χ1v) is 38.3. The van der Waals surface area contributed by atoms with Crippen LogP contribution in [0.4, 0.5) is 0 Å². The van der Waals surface area contributed by atoms with Gasteiger partial charge in [-0.25, -0.2) is 9.13 Å². The van der Waals surface area contributed by atoms with E-state index in [-0.39, 0.29) is 25.7 Å². The van der Waals surface area contributed by atoms with E-state index in [1.54, 1.807) is 0 Å². The third-order valence-electron chi connectivity index (χ3n) is 15.3. The van der Waals surface area contributed by atoms with Gasteiger partial charge in [0.15, 0.2) is 12.2 Å². The van der Waals surface area contributed by atoms with Crippen LogP contribution in [0.2, 0.25) is 0 Å². The maximum atomic E-state index is 13.0. The van der Waals surface area contributed by atoms with Gasteiger partial charge in [0.05, 0.1) is 26.4 Å². The molecule has 3 N–H and O–H groups in total. The van der Waals surface area contributed by atoms with Crippen LogP contribution in [0.5, 0.6) is 0 Å². The number of hydrogen-bond acceptors (Lipinski definition) is 15. The fourth-order valence-corrected chi connectivity index (χ4v) is 11.5. The van der Waals surface area contributed by atoms with E-state index >= 15 is 0 Å². The largest absolute Gasteiger partial charge is 0.472 e. The number of allylic oxidation sites excluding steroid dienone is 4. The smallest absolute Gasteiger partial charge is 0.462 e. The van der Waals surface area contributed by atoms with Crippen molar-refractivity contribution in [3.8, 4) is 0 Å². The fourth-order valence-electron chi connectivity index (χ4n) is 9.87. The Morgan fingerprint density at radius 2 is 0.614 bits per heavy atom. The highest BCUT2D eigenvalue weighted by Gasteiger charge is 2.30. The Bertz CT molecular complexity index is 1810. The molecule has 0 aromatic heterocycles. The first-order chi connectivity index (χ1) is 42.4.